The number of amides is 1. The SMILES string of the molecule is CCOC(=O)c1ccc2c(c1)N(Cc1ccc(F)cc1)C(=O)c1ccccc1S2. The number of nitrogens with zero attached hydrogens (tertiary/aromatic N) is 1. The number of carbonyl (C=O) groups is 2. The number of ether oxygens (including phenoxy) is 1. The summed E-state index contributed by atoms with van der Waals surface area (Å²) in [6.07, 6.45) is 0. The lowest BCUT2D eigenvalue weighted by atomic mass is 10.1. The molecule has 0 radical (unpaired) electrons. The van der Waals surface area contributed by atoms with Crippen LogP contribution in [0.1, 0.15) is 33.2 Å². The summed E-state index contributed by atoms with van der Waals surface area (Å²) >= 11 is 1.48. The quantitative estimate of drug-likeness (QED) is 0.550. The molecule has 0 atom stereocenters. The highest BCUT2D eigenvalue weighted by Gasteiger charge is 2.28. The molecule has 1 aliphatic rings. The summed E-state index contributed by atoms with van der Waals surface area (Å²) in [6.45, 7) is 2.28. The van der Waals surface area contributed by atoms with Crippen LogP contribution in [0.2, 0.25) is 0 Å². The molecule has 146 valence electrons. The second kappa shape index (κ2) is 8.09. The van der Waals surface area contributed by atoms with E-state index < -0.39 is 5.97 Å². The zero-order valence-electron chi connectivity index (χ0n) is 15.7. The zero-order valence-corrected chi connectivity index (χ0v) is 16.5. The highest BCUT2D eigenvalue weighted by Crippen LogP contribution is 2.42. The van der Waals surface area contributed by atoms with E-state index in [1.807, 2.05) is 24.3 Å². The molecule has 29 heavy (non-hydrogen) atoms. The molecule has 0 spiro atoms. The first kappa shape index (κ1) is 19.2. The fraction of sp³-hybridized carbons (Fsp3) is 0.130. The van der Waals surface area contributed by atoms with Gasteiger partial charge in [0.1, 0.15) is 5.82 Å². The fourth-order valence-electron chi connectivity index (χ4n) is 3.19. The number of hydrogen-bond donors (Lipinski definition) is 0. The Labute approximate surface area is 172 Å². The van der Waals surface area contributed by atoms with Gasteiger partial charge in [-0.3, -0.25) is 4.79 Å². The molecule has 6 heteroatoms. The summed E-state index contributed by atoms with van der Waals surface area (Å²) in [4.78, 5) is 29.0. The molecular weight excluding hydrogens is 389 g/mol. The van der Waals surface area contributed by atoms with Gasteiger partial charge in [-0.05, 0) is 55.0 Å². The average Bonchev–Trinajstić information content (AvgIpc) is 2.84. The third kappa shape index (κ3) is 3.89. The number of fused-ring (bicyclic) bond motifs is 2. The number of esters is 1. The molecule has 0 aliphatic carbocycles. The first-order valence-corrected chi connectivity index (χ1v) is 10.0. The summed E-state index contributed by atoms with van der Waals surface area (Å²) in [5.74, 6) is -0.935. The van der Waals surface area contributed by atoms with Crippen LogP contribution < -0.4 is 4.90 Å². The first-order valence-electron chi connectivity index (χ1n) is 9.21. The van der Waals surface area contributed by atoms with Gasteiger partial charge in [0.15, 0.2) is 0 Å². The molecule has 1 aliphatic heterocycles. The van der Waals surface area contributed by atoms with Gasteiger partial charge in [0.2, 0.25) is 0 Å². The second-order valence-corrected chi connectivity index (χ2v) is 7.60. The molecule has 3 aromatic carbocycles. The Morgan fingerprint density at radius 3 is 2.55 bits per heavy atom. The van der Waals surface area contributed by atoms with Crippen molar-refractivity contribution in [3.63, 3.8) is 0 Å². The minimum absolute atomic E-state index is 0.169. The molecule has 4 rings (SSSR count). The molecule has 4 nitrogen and oxygen atoms in total. The number of hydrogen-bond acceptors (Lipinski definition) is 4. The Kier molecular flexibility index (Phi) is 5.36. The van der Waals surface area contributed by atoms with Gasteiger partial charge in [0, 0.05) is 9.79 Å². The molecule has 0 N–H and O–H groups in total. The predicted octanol–water partition coefficient (Wildman–Crippen LogP) is 5.31. The summed E-state index contributed by atoms with van der Waals surface area (Å²) in [5.41, 5.74) is 2.39. The summed E-state index contributed by atoms with van der Waals surface area (Å²) in [6, 6.07) is 18.7. The molecule has 0 fully saturated rings. The van der Waals surface area contributed by atoms with E-state index in [4.69, 9.17) is 4.74 Å². The van der Waals surface area contributed by atoms with E-state index in [1.54, 1.807) is 42.2 Å². The smallest absolute Gasteiger partial charge is 0.338 e. The Hall–Kier alpha value is -3.12. The van der Waals surface area contributed by atoms with Gasteiger partial charge in [-0.25, -0.2) is 9.18 Å². The van der Waals surface area contributed by atoms with Crippen molar-refractivity contribution in [3.8, 4) is 0 Å². The van der Waals surface area contributed by atoms with Crippen LogP contribution in [0, 0.1) is 5.82 Å². The van der Waals surface area contributed by atoms with E-state index in [9.17, 15) is 14.0 Å². The normalized spacial score (nSPS) is 12.8. The van der Waals surface area contributed by atoms with Crippen molar-refractivity contribution < 1.29 is 18.7 Å². The average molecular weight is 407 g/mol. The number of halogens is 1. The number of carbonyl (C=O) groups excluding carboxylic acids is 2. The van der Waals surface area contributed by atoms with E-state index in [1.165, 1.54) is 23.9 Å². The molecule has 1 amide bonds. The van der Waals surface area contributed by atoms with E-state index in [0.717, 1.165) is 15.4 Å². The maximum absolute atomic E-state index is 13.4. The standard InChI is InChI=1S/C23H18FNO3S/c1-2-28-23(27)16-9-12-21-19(13-16)25(14-15-7-10-17(24)11-8-15)22(26)18-5-3-4-6-20(18)29-21/h3-13H,2,14H2,1H3. The number of anilines is 1. The van der Waals surface area contributed by atoms with Crippen LogP contribution >= 0.6 is 11.8 Å². The van der Waals surface area contributed by atoms with Crippen LogP contribution in [0.25, 0.3) is 0 Å². The van der Waals surface area contributed by atoms with Crippen LogP contribution in [-0.4, -0.2) is 18.5 Å². The summed E-state index contributed by atoms with van der Waals surface area (Å²) < 4.78 is 18.4. The molecule has 1 heterocycles. The Balaban J connectivity index is 1.82. The van der Waals surface area contributed by atoms with Crippen LogP contribution in [0.3, 0.4) is 0 Å². The van der Waals surface area contributed by atoms with Crippen molar-refractivity contribution in [2.45, 2.75) is 23.3 Å². The minimum Gasteiger partial charge on any atom is -0.462 e. The second-order valence-electron chi connectivity index (χ2n) is 6.52. The van der Waals surface area contributed by atoms with Crippen LogP contribution in [-0.2, 0) is 11.3 Å². The van der Waals surface area contributed by atoms with E-state index in [-0.39, 0.29) is 24.9 Å². The molecule has 3 aromatic rings. The maximum Gasteiger partial charge on any atom is 0.338 e. The maximum atomic E-state index is 13.4. The molecule has 0 unspecified atom stereocenters. The summed E-state index contributed by atoms with van der Waals surface area (Å²) in [5, 5.41) is 0. The highest BCUT2D eigenvalue weighted by molar-refractivity contribution is 7.99. The van der Waals surface area contributed by atoms with Gasteiger partial charge in [0.05, 0.1) is 30.0 Å². The van der Waals surface area contributed by atoms with E-state index in [0.29, 0.717) is 16.8 Å². The van der Waals surface area contributed by atoms with Crippen LogP contribution in [0.4, 0.5) is 10.1 Å². The lowest BCUT2D eigenvalue weighted by Crippen LogP contribution is -2.30. The van der Waals surface area contributed by atoms with Crippen LogP contribution in [0.5, 0.6) is 0 Å². The first-order chi connectivity index (χ1) is 14.1. The van der Waals surface area contributed by atoms with Gasteiger partial charge in [0.25, 0.3) is 5.91 Å². The van der Waals surface area contributed by atoms with Crippen LogP contribution in [0.15, 0.2) is 76.5 Å². The van der Waals surface area contributed by atoms with Gasteiger partial charge < -0.3 is 9.64 Å². The largest absolute Gasteiger partial charge is 0.462 e. The van der Waals surface area contributed by atoms with E-state index >= 15 is 0 Å². The van der Waals surface area contributed by atoms with Gasteiger partial charge in [-0.2, -0.15) is 0 Å². The fourth-order valence-corrected chi connectivity index (χ4v) is 4.25. The molecule has 0 saturated carbocycles. The molecular formula is C23H18FNO3S. The Bertz CT molecular complexity index is 1080. The van der Waals surface area contributed by atoms with Crippen molar-refractivity contribution in [1.82, 2.24) is 0 Å². The van der Waals surface area contributed by atoms with Crippen molar-refractivity contribution in [2.75, 3.05) is 11.5 Å². The molecule has 0 bridgehead atoms. The third-order valence-corrected chi connectivity index (χ3v) is 5.74. The molecule has 0 saturated heterocycles. The minimum atomic E-state index is -0.434. The van der Waals surface area contributed by atoms with Gasteiger partial charge in [-0.1, -0.05) is 36.0 Å². The van der Waals surface area contributed by atoms with Crippen molar-refractivity contribution in [3.05, 3.63) is 89.2 Å². The van der Waals surface area contributed by atoms with Gasteiger partial charge >= 0.3 is 5.97 Å². The molecule has 0 aromatic heterocycles. The number of rotatable bonds is 4. The van der Waals surface area contributed by atoms with E-state index in [2.05, 4.69) is 0 Å². The highest BCUT2D eigenvalue weighted by atomic mass is 32.2. The zero-order chi connectivity index (χ0) is 20.4. The monoisotopic (exact) mass is 407 g/mol. The van der Waals surface area contributed by atoms with Crippen molar-refractivity contribution in [1.29, 1.82) is 0 Å². The lowest BCUT2D eigenvalue weighted by Gasteiger charge is -2.23. The summed E-state index contributed by atoms with van der Waals surface area (Å²) in [7, 11) is 0. The topological polar surface area (TPSA) is 46.6 Å². The lowest BCUT2D eigenvalue weighted by molar-refractivity contribution is 0.0526. The predicted molar refractivity (Wildman–Crippen MR) is 110 cm³/mol. The third-order valence-electron chi connectivity index (χ3n) is 4.60. The van der Waals surface area contributed by atoms with Crippen molar-refractivity contribution in [2.24, 2.45) is 0 Å². The van der Waals surface area contributed by atoms with Crippen molar-refractivity contribution >= 4 is 29.3 Å². The van der Waals surface area contributed by atoms with Gasteiger partial charge in [-0.15, -0.1) is 0 Å². The Morgan fingerprint density at radius 2 is 1.79 bits per heavy atom. The Morgan fingerprint density at radius 1 is 1.03 bits per heavy atom. The number of benzene rings is 3.